The third kappa shape index (κ3) is 5.95. The lowest BCUT2D eigenvalue weighted by Crippen LogP contribution is -2.47. The van der Waals surface area contributed by atoms with Crippen molar-refractivity contribution in [3.8, 4) is 5.75 Å². The first-order valence-corrected chi connectivity index (χ1v) is 13.9. The van der Waals surface area contributed by atoms with Gasteiger partial charge in [-0.3, -0.25) is 0 Å². The van der Waals surface area contributed by atoms with E-state index in [0.29, 0.717) is 43.2 Å². The highest BCUT2D eigenvalue weighted by Crippen LogP contribution is 2.32. The maximum Gasteiger partial charge on any atom is 0.290 e. The Morgan fingerprint density at radius 3 is 2.37 bits per heavy atom. The highest BCUT2D eigenvalue weighted by molar-refractivity contribution is 7.90. The number of anilines is 1. The Hall–Kier alpha value is -3.08. The van der Waals surface area contributed by atoms with Gasteiger partial charge in [-0.2, -0.15) is 8.51 Å². The van der Waals surface area contributed by atoms with Gasteiger partial charge in [0, 0.05) is 31.9 Å². The summed E-state index contributed by atoms with van der Waals surface area (Å²) in [6, 6.07) is 19.5. The Labute approximate surface area is 208 Å². The van der Waals surface area contributed by atoms with Crippen LogP contribution < -0.4 is 14.6 Å². The van der Waals surface area contributed by atoms with E-state index in [1.807, 2.05) is 43.0 Å². The van der Waals surface area contributed by atoms with Gasteiger partial charge in [0.1, 0.15) is 11.4 Å². The molecule has 1 unspecified atom stereocenters. The SMILES string of the molecule is Cc1ccc(C)c(OS(=O)N2CCN(c3ccc(N=[N])c(S(=O)(=O)Cc4ccccc4)c3)CC2)c1. The van der Waals surface area contributed by atoms with Gasteiger partial charge in [0.2, 0.25) is 0 Å². The maximum atomic E-state index is 13.1. The van der Waals surface area contributed by atoms with Gasteiger partial charge >= 0.3 is 0 Å². The third-order valence-electron chi connectivity index (χ3n) is 5.91. The second kappa shape index (κ2) is 10.7. The van der Waals surface area contributed by atoms with Crippen LogP contribution in [0, 0.1) is 13.8 Å². The number of piperazine rings is 1. The van der Waals surface area contributed by atoms with Gasteiger partial charge in [-0.25, -0.2) is 8.42 Å². The molecule has 0 saturated carbocycles. The molecule has 0 aromatic heterocycles. The van der Waals surface area contributed by atoms with Crippen LogP contribution in [0.4, 0.5) is 11.4 Å². The first kappa shape index (κ1) is 25.0. The lowest BCUT2D eigenvalue weighted by molar-refractivity contribution is 0.376. The van der Waals surface area contributed by atoms with Crippen LogP contribution in [0.1, 0.15) is 16.7 Å². The van der Waals surface area contributed by atoms with Crippen LogP contribution in [0.25, 0.3) is 0 Å². The van der Waals surface area contributed by atoms with Crippen molar-refractivity contribution in [2.45, 2.75) is 24.5 Å². The van der Waals surface area contributed by atoms with E-state index in [2.05, 4.69) is 5.11 Å². The molecule has 0 aliphatic carbocycles. The number of nitrogens with zero attached hydrogens (tertiary/aromatic N) is 4. The van der Waals surface area contributed by atoms with Crippen molar-refractivity contribution >= 4 is 32.5 Å². The summed E-state index contributed by atoms with van der Waals surface area (Å²) in [5.41, 5.74) is 12.7. The van der Waals surface area contributed by atoms with Crippen molar-refractivity contribution in [3.63, 3.8) is 0 Å². The van der Waals surface area contributed by atoms with Crippen LogP contribution in [-0.2, 0) is 26.9 Å². The molecule has 10 heteroatoms. The van der Waals surface area contributed by atoms with Crippen molar-refractivity contribution in [3.05, 3.63) is 83.4 Å². The predicted molar refractivity (Wildman–Crippen MR) is 136 cm³/mol. The normalized spacial score (nSPS) is 15.5. The largest absolute Gasteiger partial charge is 0.389 e. The second-order valence-electron chi connectivity index (χ2n) is 8.48. The highest BCUT2D eigenvalue weighted by atomic mass is 32.2. The standard InChI is InChI=1S/C25H27N4O4S2/c1-19-8-9-20(2)24(16-19)33-34(30)29-14-12-28(13-15-29)22-10-11-23(27-26)25(17-22)35(31,32)18-21-6-4-3-5-7-21/h3-11,16-17H,12-15,18H2,1-2H3. The Bertz CT molecular complexity index is 1340. The minimum atomic E-state index is -3.74. The minimum Gasteiger partial charge on any atom is -0.389 e. The maximum absolute atomic E-state index is 13.1. The number of hydrogen-bond acceptors (Lipinski definition) is 6. The van der Waals surface area contributed by atoms with Crippen LogP contribution in [0.2, 0.25) is 0 Å². The zero-order chi connectivity index (χ0) is 25.0. The molecule has 1 atom stereocenters. The van der Waals surface area contributed by atoms with Crippen LogP contribution in [0.15, 0.2) is 76.7 Å². The molecule has 0 bridgehead atoms. The molecule has 35 heavy (non-hydrogen) atoms. The van der Waals surface area contributed by atoms with E-state index >= 15 is 0 Å². The topological polar surface area (TPSA) is 102 Å². The van der Waals surface area contributed by atoms with Crippen molar-refractivity contribution in [1.29, 1.82) is 0 Å². The van der Waals surface area contributed by atoms with Crippen molar-refractivity contribution in [1.82, 2.24) is 9.84 Å². The number of hydrogen-bond donors (Lipinski definition) is 0. The molecule has 1 radical (unpaired) electrons. The van der Waals surface area contributed by atoms with E-state index < -0.39 is 21.1 Å². The molecule has 8 nitrogen and oxygen atoms in total. The Balaban J connectivity index is 1.46. The molecule has 3 aromatic rings. The van der Waals surface area contributed by atoms with Crippen molar-refractivity contribution < 1.29 is 16.8 Å². The van der Waals surface area contributed by atoms with Crippen LogP contribution in [-0.4, -0.2) is 43.1 Å². The Morgan fingerprint density at radius 2 is 1.69 bits per heavy atom. The molecule has 1 fully saturated rings. The molecule has 0 spiro atoms. The van der Waals surface area contributed by atoms with E-state index in [-0.39, 0.29) is 16.3 Å². The summed E-state index contributed by atoms with van der Waals surface area (Å²) < 4.78 is 46.5. The minimum absolute atomic E-state index is 0.00588. The predicted octanol–water partition coefficient (Wildman–Crippen LogP) is 3.94. The monoisotopic (exact) mass is 511 g/mol. The molecule has 1 aliphatic rings. The molecule has 0 amide bonds. The molecule has 4 rings (SSSR count). The third-order valence-corrected chi connectivity index (χ3v) is 8.72. The molecule has 3 aromatic carbocycles. The average molecular weight is 512 g/mol. The van der Waals surface area contributed by atoms with Crippen molar-refractivity contribution in [2.75, 3.05) is 31.1 Å². The first-order chi connectivity index (χ1) is 16.8. The van der Waals surface area contributed by atoms with Crippen LogP contribution in [0.3, 0.4) is 0 Å². The molecule has 0 N–H and O–H groups in total. The summed E-state index contributed by atoms with van der Waals surface area (Å²) in [5.74, 6) is 0.407. The summed E-state index contributed by atoms with van der Waals surface area (Å²) in [4.78, 5) is 2.00. The molecule has 1 saturated heterocycles. The van der Waals surface area contributed by atoms with Gasteiger partial charge in [-0.05, 0) is 60.3 Å². The summed E-state index contributed by atoms with van der Waals surface area (Å²) in [6.45, 7) is 5.91. The molecule has 183 valence electrons. The highest BCUT2D eigenvalue weighted by Gasteiger charge is 2.26. The van der Waals surface area contributed by atoms with Gasteiger partial charge in [-0.15, -0.1) is 5.11 Å². The molecular weight excluding hydrogens is 484 g/mol. The molecular formula is C25H27N4O4S2. The smallest absolute Gasteiger partial charge is 0.290 e. The summed E-state index contributed by atoms with van der Waals surface area (Å²) in [6.07, 6.45) is 0. The van der Waals surface area contributed by atoms with Gasteiger partial charge in [0.05, 0.1) is 10.6 Å². The number of sulfone groups is 1. The summed E-state index contributed by atoms with van der Waals surface area (Å²) in [7, 11) is -3.74. The van der Waals surface area contributed by atoms with E-state index in [1.54, 1.807) is 40.7 Å². The van der Waals surface area contributed by atoms with Gasteiger partial charge in [0.15, 0.2) is 9.84 Å². The quantitative estimate of drug-likeness (QED) is 0.426. The number of rotatable bonds is 8. The van der Waals surface area contributed by atoms with Gasteiger partial charge < -0.3 is 9.08 Å². The number of aryl methyl sites for hydroxylation is 2. The first-order valence-electron chi connectivity index (χ1n) is 11.2. The lowest BCUT2D eigenvalue weighted by atomic mass is 10.1. The summed E-state index contributed by atoms with van der Waals surface area (Å²) >= 11 is -1.63. The lowest BCUT2D eigenvalue weighted by Gasteiger charge is -2.34. The fraction of sp³-hybridized carbons (Fsp3) is 0.280. The van der Waals surface area contributed by atoms with Gasteiger partial charge in [-0.1, -0.05) is 42.5 Å². The second-order valence-corrected chi connectivity index (χ2v) is 11.6. The van der Waals surface area contributed by atoms with E-state index in [4.69, 9.17) is 4.18 Å². The Kier molecular flexibility index (Phi) is 7.63. The number of benzene rings is 3. The van der Waals surface area contributed by atoms with E-state index in [1.165, 1.54) is 6.07 Å². The fourth-order valence-electron chi connectivity index (χ4n) is 3.92. The van der Waals surface area contributed by atoms with E-state index in [9.17, 15) is 18.2 Å². The van der Waals surface area contributed by atoms with Crippen molar-refractivity contribution in [2.24, 2.45) is 5.11 Å². The molecule has 1 heterocycles. The zero-order valence-electron chi connectivity index (χ0n) is 19.6. The summed E-state index contributed by atoms with van der Waals surface area (Å²) in [5, 5.41) is 3.19. The van der Waals surface area contributed by atoms with Crippen LogP contribution in [0.5, 0.6) is 5.75 Å². The molecule has 1 aliphatic heterocycles. The van der Waals surface area contributed by atoms with E-state index in [0.717, 1.165) is 11.1 Å². The zero-order valence-corrected chi connectivity index (χ0v) is 21.3. The van der Waals surface area contributed by atoms with Gasteiger partial charge in [0.25, 0.3) is 11.3 Å². The van der Waals surface area contributed by atoms with Crippen LogP contribution >= 0.6 is 0 Å². The fourth-order valence-corrected chi connectivity index (χ4v) is 6.34. The Morgan fingerprint density at radius 1 is 0.971 bits per heavy atom. The average Bonchev–Trinajstić information content (AvgIpc) is 2.86.